The summed E-state index contributed by atoms with van der Waals surface area (Å²) in [7, 11) is 0. The summed E-state index contributed by atoms with van der Waals surface area (Å²) in [5.41, 5.74) is 5.42. The molecule has 1 aliphatic rings. The summed E-state index contributed by atoms with van der Waals surface area (Å²) in [4.78, 5) is 11.5. The van der Waals surface area contributed by atoms with Crippen LogP contribution in [-0.4, -0.2) is 12.3 Å². The van der Waals surface area contributed by atoms with Crippen LogP contribution in [0.3, 0.4) is 0 Å². The van der Waals surface area contributed by atoms with Gasteiger partial charge in [-0.3, -0.25) is 9.80 Å². The number of hydrazine groups is 1. The molecule has 6 heteroatoms. The van der Waals surface area contributed by atoms with Gasteiger partial charge >= 0.3 is 0 Å². The second kappa shape index (κ2) is 6.46. The average Bonchev–Trinajstić information content (AvgIpc) is 2.53. The molecule has 23 heavy (non-hydrogen) atoms. The van der Waals surface area contributed by atoms with E-state index in [0.717, 1.165) is 34.3 Å². The minimum Gasteiger partial charge on any atom is -0.618 e. The third kappa shape index (κ3) is 3.40. The summed E-state index contributed by atoms with van der Waals surface area (Å²) >= 11 is 5.95. The van der Waals surface area contributed by atoms with Crippen molar-refractivity contribution >= 4 is 34.0 Å². The fourth-order valence-corrected chi connectivity index (χ4v) is 2.91. The summed E-state index contributed by atoms with van der Waals surface area (Å²) in [5, 5.41) is 15.5. The minimum absolute atomic E-state index is 0.141. The highest BCUT2D eigenvalue weighted by atomic mass is 35.5. The van der Waals surface area contributed by atoms with E-state index in [0.29, 0.717) is 23.5 Å². The molecule has 0 aliphatic heterocycles. The fraction of sp³-hybridized carbons (Fsp3) is 0.294. The number of carbonyl (C=O) groups is 1. The molecule has 0 atom stereocenters. The summed E-state index contributed by atoms with van der Waals surface area (Å²) in [6.45, 7) is 2.64. The Morgan fingerprint density at radius 3 is 2.91 bits per heavy atom. The highest BCUT2D eigenvalue weighted by Gasteiger charge is 2.16. The zero-order chi connectivity index (χ0) is 16.4. The zero-order valence-corrected chi connectivity index (χ0v) is 13.6. The third-order valence-corrected chi connectivity index (χ3v) is 4.13. The molecule has 0 spiro atoms. The van der Waals surface area contributed by atoms with Crippen LogP contribution < -0.4 is 15.2 Å². The van der Waals surface area contributed by atoms with E-state index in [1.54, 1.807) is 18.2 Å². The Morgan fingerprint density at radius 2 is 2.17 bits per heavy atom. The molecule has 1 aliphatic carbocycles. The first kappa shape index (κ1) is 15.6. The van der Waals surface area contributed by atoms with E-state index in [2.05, 4.69) is 5.43 Å². The van der Waals surface area contributed by atoms with Crippen molar-refractivity contribution in [3.63, 3.8) is 0 Å². The normalized spacial score (nSPS) is 14.7. The lowest BCUT2D eigenvalue weighted by Crippen LogP contribution is -2.40. The van der Waals surface area contributed by atoms with Gasteiger partial charge in [0.2, 0.25) is 11.7 Å². The molecule has 1 aromatic carbocycles. The van der Waals surface area contributed by atoms with E-state index >= 15 is 0 Å². The standard InChI is InChI=1S/C17H18ClN3O2/c1-2-20(19-14-4-3-5-16(22)10-14)15-8-12-6-7-13(18)9-17(12)21(23)11-15/h6-11,19H,2-5H2,1H3. The number of aromatic nitrogens is 1. The highest BCUT2D eigenvalue weighted by Crippen LogP contribution is 2.22. The lowest BCUT2D eigenvalue weighted by molar-refractivity contribution is -0.576. The fourth-order valence-electron chi connectivity index (χ4n) is 2.74. The monoisotopic (exact) mass is 331 g/mol. The molecule has 0 unspecified atom stereocenters. The van der Waals surface area contributed by atoms with Gasteiger partial charge in [-0.2, -0.15) is 4.73 Å². The molecule has 0 saturated heterocycles. The second-order valence-electron chi connectivity index (χ2n) is 5.57. The van der Waals surface area contributed by atoms with Gasteiger partial charge in [-0.05, 0) is 38.0 Å². The number of nitrogens with zero attached hydrogens (tertiary/aromatic N) is 2. The number of fused-ring (bicyclic) bond motifs is 1. The topological polar surface area (TPSA) is 59.3 Å². The van der Waals surface area contributed by atoms with Crippen LogP contribution in [0.4, 0.5) is 5.69 Å². The summed E-state index contributed by atoms with van der Waals surface area (Å²) in [6, 6.07) is 7.17. The zero-order valence-electron chi connectivity index (χ0n) is 12.9. The molecule has 1 N–H and O–H groups in total. The number of hydrogen-bond acceptors (Lipinski definition) is 4. The van der Waals surface area contributed by atoms with E-state index in [-0.39, 0.29) is 5.78 Å². The van der Waals surface area contributed by atoms with Gasteiger partial charge in [0.25, 0.3) is 0 Å². The van der Waals surface area contributed by atoms with Gasteiger partial charge in [0.05, 0.1) is 0 Å². The van der Waals surface area contributed by atoms with E-state index in [4.69, 9.17) is 11.6 Å². The van der Waals surface area contributed by atoms with Gasteiger partial charge in [-0.15, -0.1) is 0 Å². The number of anilines is 1. The molecule has 1 heterocycles. The van der Waals surface area contributed by atoms with Crippen LogP contribution in [0.15, 0.2) is 42.2 Å². The van der Waals surface area contributed by atoms with Crippen molar-refractivity contribution < 1.29 is 9.52 Å². The predicted octanol–water partition coefficient (Wildman–Crippen LogP) is 3.09. The van der Waals surface area contributed by atoms with Gasteiger partial charge < -0.3 is 10.6 Å². The molecule has 5 nitrogen and oxygen atoms in total. The molecule has 0 bridgehead atoms. The van der Waals surface area contributed by atoms with Crippen molar-refractivity contribution in [1.29, 1.82) is 0 Å². The van der Waals surface area contributed by atoms with Crippen LogP contribution in [0.1, 0.15) is 26.2 Å². The van der Waals surface area contributed by atoms with E-state index in [1.165, 1.54) is 6.20 Å². The Kier molecular flexibility index (Phi) is 4.39. The number of ketones is 1. The number of rotatable bonds is 4. The maximum absolute atomic E-state index is 12.3. The molecule has 120 valence electrons. The van der Waals surface area contributed by atoms with Gasteiger partial charge in [0.15, 0.2) is 5.78 Å². The number of carbonyl (C=O) groups excluding carboxylic acids is 1. The molecule has 0 fully saturated rings. The lowest BCUT2D eigenvalue weighted by atomic mass is 10.0. The Bertz CT molecular complexity index is 789. The number of benzene rings is 1. The Balaban J connectivity index is 1.93. The van der Waals surface area contributed by atoms with Gasteiger partial charge in [-0.25, -0.2) is 0 Å². The van der Waals surface area contributed by atoms with Gasteiger partial charge in [0.1, 0.15) is 5.69 Å². The first-order chi connectivity index (χ1) is 11.1. The van der Waals surface area contributed by atoms with Crippen molar-refractivity contribution in [2.45, 2.75) is 26.2 Å². The highest BCUT2D eigenvalue weighted by molar-refractivity contribution is 6.31. The summed E-state index contributed by atoms with van der Waals surface area (Å²) < 4.78 is 0.821. The van der Waals surface area contributed by atoms with Crippen LogP contribution in [0.5, 0.6) is 0 Å². The van der Waals surface area contributed by atoms with Crippen LogP contribution in [-0.2, 0) is 4.79 Å². The summed E-state index contributed by atoms with van der Waals surface area (Å²) in [6.07, 6.45) is 5.46. The second-order valence-corrected chi connectivity index (χ2v) is 6.01. The lowest BCUT2D eigenvalue weighted by Gasteiger charge is -2.27. The van der Waals surface area contributed by atoms with Crippen molar-refractivity contribution in [3.05, 3.63) is 52.5 Å². The third-order valence-electron chi connectivity index (χ3n) is 3.89. The van der Waals surface area contributed by atoms with Crippen LogP contribution >= 0.6 is 11.6 Å². The number of nitrogens with one attached hydrogen (secondary N) is 1. The molecular weight excluding hydrogens is 314 g/mol. The number of pyridine rings is 1. The maximum atomic E-state index is 12.3. The van der Waals surface area contributed by atoms with Gasteiger partial charge in [-0.1, -0.05) is 11.6 Å². The largest absolute Gasteiger partial charge is 0.618 e. The first-order valence-electron chi connectivity index (χ1n) is 7.67. The number of allylic oxidation sites excluding steroid dienone is 2. The Hall–Kier alpha value is -2.27. The molecule has 0 saturated carbocycles. The Morgan fingerprint density at radius 1 is 1.35 bits per heavy atom. The van der Waals surface area contributed by atoms with Crippen molar-refractivity contribution in [3.8, 4) is 0 Å². The number of halogens is 1. The van der Waals surface area contributed by atoms with Crippen LogP contribution in [0.25, 0.3) is 10.9 Å². The average molecular weight is 332 g/mol. The van der Waals surface area contributed by atoms with Crippen LogP contribution in [0.2, 0.25) is 5.02 Å². The van der Waals surface area contributed by atoms with Crippen molar-refractivity contribution in [1.82, 2.24) is 5.43 Å². The minimum atomic E-state index is 0.141. The van der Waals surface area contributed by atoms with Crippen LogP contribution in [0, 0.1) is 5.21 Å². The van der Waals surface area contributed by atoms with E-state index < -0.39 is 0 Å². The molecule has 1 aromatic heterocycles. The SMILES string of the molecule is CCN(NC1=CC(=O)CCC1)c1cc2ccc(Cl)cc2[n+]([O-])c1. The first-order valence-corrected chi connectivity index (χ1v) is 8.04. The predicted molar refractivity (Wildman–Crippen MR) is 91.0 cm³/mol. The molecule has 3 rings (SSSR count). The smallest absolute Gasteiger partial charge is 0.225 e. The van der Waals surface area contributed by atoms with E-state index in [1.807, 2.05) is 24.1 Å². The van der Waals surface area contributed by atoms with Crippen molar-refractivity contribution in [2.75, 3.05) is 11.6 Å². The van der Waals surface area contributed by atoms with Gasteiger partial charge in [0, 0.05) is 41.2 Å². The quantitative estimate of drug-likeness (QED) is 0.531. The van der Waals surface area contributed by atoms with E-state index in [9.17, 15) is 10.0 Å². The number of hydrogen-bond donors (Lipinski definition) is 1. The molecule has 2 aromatic rings. The summed E-state index contributed by atoms with van der Waals surface area (Å²) in [5.74, 6) is 0.141. The molecular formula is C17H18ClN3O2. The molecule has 0 radical (unpaired) electrons. The maximum Gasteiger partial charge on any atom is 0.225 e. The molecule has 0 amide bonds. The Labute approximate surface area is 139 Å². The van der Waals surface area contributed by atoms with Crippen molar-refractivity contribution in [2.24, 2.45) is 0 Å².